The van der Waals surface area contributed by atoms with Crippen molar-refractivity contribution >= 4 is 17.5 Å². The van der Waals surface area contributed by atoms with E-state index in [1.165, 1.54) is 0 Å². The molecule has 0 unspecified atom stereocenters. The molecule has 0 fully saturated rings. The monoisotopic (exact) mass is 291 g/mol. The van der Waals surface area contributed by atoms with Crippen molar-refractivity contribution in [2.45, 2.75) is 45.6 Å². The number of hydrogen-bond acceptors (Lipinski definition) is 3. The lowest BCUT2D eigenvalue weighted by Gasteiger charge is -2.09. The topological polar surface area (TPSA) is 84.2 Å². The van der Waals surface area contributed by atoms with Gasteiger partial charge in [-0.05, 0) is 57.5 Å². The molecule has 0 radical (unpaired) electrons. The van der Waals surface area contributed by atoms with Crippen molar-refractivity contribution in [1.29, 1.82) is 0 Å². The third kappa shape index (κ3) is 6.90. The summed E-state index contributed by atoms with van der Waals surface area (Å²) in [6.07, 6.45) is 3.26. The lowest BCUT2D eigenvalue weighted by molar-refractivity contribution is -0.116. The van der Waals surface area contributed by atoms with Crippen LogP contribution in [-0.2, 0) is 4.79 Å². The van der Waals surface area contributed by atoms with Gasteiger partial charge < -0.3 is 16.4 Å². The predicted octanol–water partition coefficient (Wildman–Crippen LogP) is 2.28. The van der Waals surface area contributed by atoms with Crippen LogP contribution in [0.15, 0.2) is 24.3 Å². The Morgan fingerprint density at radius 2 is 1.76 bits per heavy atom. The van der Waals surface area contributed by atoms with Gasteiger partial charge in [0.05, 0.1) is 0 Å². The molecule has 0 aliphatic rings. The van der Waals surface area contributed by atoms with Crippen molar-refractivity contribution in [3.8, 4) is 0 Å². The van der Waals surface area contributed by atoms with Crippen LogP contribution in [0.2, 0.25) is 0 Å². The van der Waals surface area contributed by atoms with Crippen LogP contribution in [0.1, 0.15) is 49.9 Å². The van der Waals surface area contributed by atoms with E-state index in [1.54, 1.807) is 24.3 Å². The Kier molecular flexibility index (Phi) is 7.46. The van der Waals surface area contributed by atoms with Crippen molar-refractivity contribution in [2.75, 3.05) is 11.9 Å². The molecule has 2 amide bonds. The molecule has 0 heterocycles. The molecule has 0 spiro atoms. The summed E-state index contributed by atoms with van der Waals surface area (Å²) >= 11 is 0. The van der Waals surface area contributed by atoms with Gasteiger partial charge in [-0.15, -0.1) is 0 Å². The third-order valence-corrected chi connectivity index (χ3v) is 2.96. The summed E-state index contributed by atoms with van der Waals surface area (Å²) in [6.45, 7) is 4.50. The summed E-state index contributed by atoms with van der Waals surface area (Å²) in [4.78, 5) is 23.5. The minimum absolute atomic E-state index is 0.00796. The highest BCUT2D eigenvalue weighted by atomic mass is 16.2. The summed E-state index contributed by atoms with van der Waals surface area (Å²) in [6, 6.07) is 7.01. The van der Waals surface area contributed by atoms with Crippen LogP contribution in [0.25, 0.3) is 0 Å². The second-order valence-electron chi connectivity index (χ2n) is 5.35. The summed E-state index contributed by atoms with van der Waals surface area (Å²) < 4.78 is 0. The Morgan fingerprint density at radius 3 is 2.33 bits per heavy atom. The number of amides is 2. The molecule has 1 rings (SSSR count). The van der Waals surface area contributed by atoms with E-state index < -0.39 is 0 Å². The molecule has 0 aliphatic carbocycles. The van der Waals surface area contributed by atoms with Crippen molar-refractivity contribution in [2.24, 2.45) is 5.73 Å². The van der Waals surface area contributed by atoms with E-state index in [0.717, 1.165) is 19.3 Å². The molecule has 0 aromatic heterocycles. The van der Waals surface area contributed by atoms with Gasteiger partial charge >= 0.3 is 0 Å². The number of nitrogens with two attached hydrogens (primary N) is 1. The summed E-state index contributed by atoms with van der Waals surface area (Å²) in [5.74, 6) is -0.115. The van der Waals surface area contributed by atoms with E-state index in [2.05, 4.69) is 10.6 Å². The molecule has 5 nitrogen and oxygen atoms in total. The van der Waals surface area contributed by atoms with Crippen LogP contribution < -0.4 is 16.4 Å². The maximum atomic E-state index is 11.8. The van der Waals surface area contributed by atoms with Gasteiger partial charge in [0.15, 0.2) is 0 Å². The van der Waals surface area contributed by atoms with Crippen LogP contribution in [0.5, 0.6) is 0 Å². The van der Waals surface area contributed by atoms with E-state index in [9.17, 15) is 9.59 Å². The standard InChI is InChI=1S/C16H25N3O2/c1-12(2)18-16(21)13-7-9-14(10-8-13)19-15(20)6-4-3-5-11-17/h7-10,12H,3-6,11,17H2,1-2H3,(H,18,21)(H,19,20). The number of carbonyl (C=O) groups excluding carboxylic acids is 2. The van der Waals surface area contributed by atoms with Gasteiger partial charge in [-0.1, -0.05) is 6.42 Å². The van der Waals surface area contributed by atoms with Gasteiger partial charge in [0.25, 0.3) is 5.91 Å². The van der Waals surface area contributed by atoms with E-state index in [-0.39, 0.29) is 17.9 Å². The number of nitrogens with one attached hydrogen (secondary N) is 2. The van der Waals surface area contributed by atoms with Gasteiger partial charge in [-0.2, -0.15) is 0 Å². The summed E-state index contributed by atoms with van der Waals surface area (Å²) in [5, 5.41) is 5.65. The Morgan fingerprint density at radius 1 is 1.10 bits per heavy atom. The number of benzene rings is 1. The van der Waals surface area contributed by atoms with Crippen molar-refractivity contribution < 1.29 is 9.59 Å². The van der Waals surface area contributed by atoms with Crippen LogP contribution >= 0.6 is 0 Å². The second kappa shape index (κ2) is 9.13. The zero-order valence-electron chi connectivity index (χ0n) is 12.8. The lowest BCUT2D eigenvalue weighted by atomic mass is 10.1. The maximum absolute atomic E-state index is 11.8. The average molecular weight is 291 g/mol. The molecule has 4 N–H and O–H groups in total. The number of carbonyl (C=O) groups is 2. The highest BCUT2D eigenvalue weighted by Gasteiger charge is 2.07. The summed E-state index contributed by atoms with van der Waals surface area (Å²) in [7, 11) is 0. The third-order valence-electron chi connectivity index (χ3n) is 2.96. The molecule has 5 heteroatoms. The normalized spacial score (nSPS) is 10.5. The van der Waals surface area contributed by atoms with Crippen LogP contribution in [0.3, 0.4) is 0 Å². The molecular weight excluding hydrogens is 266 g/mol. The van der Waals surface area contributed by atoms with E-state index >= 15 is 0 Å². The second-order valence-corrected chi connectivity index (χ2v) is 5.35. The highest BCUT2D eigenvalue weighted by Crippen LogP contribution is 2.11. The van der Waals surface area contributed by atoms with Gasteiger partial charge in [0.1, 0.15) is 0 Å². The number of unbranched alkanes of at least 4 members (excludes halogenated alkanes) is 2. The van der Waals surface area contributed by atoms with Crippen molar-refractivity contribution in [3.63, 3.8) is 0 Å². The Labute approximate surface area is 126 Å². The van der Waals surface area contributed by atoms with E-state index in [1.807, 2.05) is 13.8 Å². The SMILES string of the molecule is CC(C)NC(=O)c1ccc(NC(=O)CCCCCN)cc1. The molecule has 0 bridgehead atoms. The molecule has 0 aliphatic heterocycles. The molecule has 21 heavy (non-hydrogen) atoms. The number of rotatable bonds is 8. The van der Waals surface area contributed by atoms with Crippen LogP contribution in [0.4, 0.5) is 5.69 Å². The fourth-order valence-electron chi connectivity index (χ4n) is 1.88. The fourth-order valence-corrected chi connectivity index (χ4v) is 1.88. The first-order valence-corrected chi connectivity index (χ1v) is 7.43. The highest BCUT2D eigenvalue weighted by molar-refractivity contribution is 5.95. The average Bonchev–Trinajstić information content (AvgIpc) is 2.43. The number of anilines is 1. The quantitative estimate of drug-likeness (QED) is 0.642. The maximum Gasteiger partial charge on any atom is 0.251 e. The molecule has 1 aromatic rings. The van der Waals surface area contributed by atoms with Gasteiger partial charge in [-0.3, -0.25) is 9.59 Å². The van der Waals surface area contributed by atoms with Gasteiger partial charge in [-0.25, -0.2) is 0 Å². The predicted molar refractivity (Wildman–Crippen MR) is 85.2 cm³/mol. The molecular formula is C16H25N3O2. The van der Waals surface area contributed by atoms with E-state index in [0.29, 0.717) is 24.2 Å². The zero-order chi connectivity index (χ0) is 15.7. The molecule has 0 saturated heterocycles. The zero-order valence-corrected chi connectivity index (χ0v) is 12.8. The first-order chi connectivity index (χ1) is 10.0. The van der Waals surface area contributed by atoms with Crippen molar-refractivity contribution in [1.82, 2.24) is 5.32 Å². The first kappa shape index (κ1) is 17.2. The smallest absolute Gasteiger partial charge is 0.251 e. The lowest BCUT2D eigenvalue weighted by Crippen LogP contribution is -2.30. The Balaban J connectivity index is 2.43. The minimum Gasteiger partial charge on any atom is -0.350 e. The van der Waals surface area contributed by atoms with E-state index in [4.69, 9.17) is 5.73 Å². The molecule has 0 atom stereocenters. The largest absolute Gasteiger partial charge is 0.350 e. The Hall–Kier alpha value is -1.88. The van der Waals surface area contributed by atoms with Crippen molar-refractivity contribution in [3.05, 3.63) is 29.8 Å². The fraction of sp³-hybridized carbons (Fsp3) is 0.500. The Bertz CT molecular complexity index is 455. The molecule has 1 aromatic carbocycles. The van der Waals surface area contributed by atoms with Gasteiger partial charge in [0, 0.05) is 23.7 Å². The molecule has 116 valence electrons. The first-order valence-electron chi connectivity index (χ1n) is 7.43. The van der Waals surface area contributed by atoms with Crippen LogP contribution in [0, 0.1) is 0 Å². The van der Waals surface area contributed by atoms with Gasteiger partial charge in [0.2, 0.25) is 5.91 Å². The molecule has 0 saturated carbocycles. The summed E-state index contributed by atoms with van der Waals surface area (Å²) in [5.41, 5.74) is 6.70. The minimum atomic E-state index is -0.107. The van der Waals surface area contributed by atoms with Crippen LogP contribution in [-0.4, -0.2) is 24.4 Å². The number of hydrogen-bond donors (Lipinski definition) is 3.